The molecule has 0 radical (unpaired) electrons. The lowest BCUT2D eigenvalue weighted by Crippen LogP contribution is -2.60. The van der Waals surface area contributed by atoms with E-state index in [2.05, 4.69) is 47.5 Å². The number of nitrogens with two attached hydrogens (primary N) is 7. The molecule has 4 rings (SSSR count). The van der Waals surface area contributed by atoms with Gasteiger partial charge in [-0.1, -0.05) is 74.5 Å². The van der Waals surface area contributed by atoms with Gasteiger partial charge in [-0.3, -0.25) is 67.3 Å². The molecule has 95 heavy (non-hydrogen) atoms. The van der Waals surface area contributed by atoms with Crippen LogP contribution in [0.15, 0.2) is 65.7 Å². The predicted octanol–water partition coefficient (Wildman–Crippen LogP) is -3.71. The van der Waals surface area contributed by atoms with Crippen molar-refractivity contribution in [1.29, 1.82) is 0 Å². The highest BCUT2D eigenvalue weighted by molar-refractivity contribution is 7.98. The number of amides is 13. The Labute approximate surface area is 558 Å². The molecule has 13 amide bonds. The summed E-state index contributed by atoms with van der Waals surface area (Å²) in [6.45, 7) is 3.86. The number of benzene rings is 2. The van der Waals surface area contributed by atoms with Crippen molar-refractivity contribution in [2.24, 2.45) is 51.0 Å². The number of unbranched alkanes of at least 4 members (excludes halogenated alkanes) is 1. The van der Waals surface area contributed by atoms with Crippen molar-refractivity contribution in [2.75, 3.05) is 44.7 Å². The third-order valence-electron chi connectivity index (χ3n) is 16.0. The van der Waals surface area contributed by atoms with Crippen LogP contribution in [0, 0.1) is 5.92 Å². The second kappa shape index (κ2) is 41.0. The Hall–Kier alpha value is -8.91. The number of thioether (sulfide) groups is 1. The first kappa shape index (κ1) is 78.5. The first-order valence-corrected chi connectivity index (χ1v) is 33.6. The quantitative estimate of drug-likeness (QED) is 0.0173. The molecular weight excluding hydrogens is 1250 g/mol. The number of carbonyl (C=O) groups is 13. The van der Waals surface area contributed by atoms with Gasteiger partial charge in [0.1, 0.15) is 54.4 Å². The Balaban J connectivity index is 1.56. The second-order valence-corrected chi connectivity index (χ2v) is 25.1. The van der Waals surface area contributed by atoms with Gasteiger partial charge < -0.3 is 92.5 Å². The smallest absolute Gasteiger partial charge is 0.245 e. The molecule has 2 aliphatic heterocycles. The van der Waals surface area contributed by atoms with E-state index in [0.29, 0.717) is 55.4 Å². The summed E-state index contributed by atoms with van der Waals surface area (Å²) in [5.74, 6) is -9.80. The Kier molecular flexibility index (Phi) is 33.9. The lowest BCUT2D eigenvalue weighted by atomic mass is 10.0. The molecule has 2 aromatic carbocycles. The molecule has 0 aromatic heterocycles. The second-order valence-electron chi connectivity index (χ2n) is 24.1. The molecule has 0 saturated carbocycles. The Morgan fingerprint density at radius 3 is 1.51 bits per heavy atom. The van der Waals surface area contributed by atoms with E-state index in [0.717, 1.165) is 0 Å². The normalized spacial score (nSPS) is 16.8. The van der Waals surface area contributed by atoms with Crippen LogP contribution in [0.4, 0.5) is 0 Å². The molecule has 2 fully saturated rings. The fourth-order valence-electron chi connectivity index (χ4n) is 11.0. The van der Waals surface area contributed by atoms with E-state index in [-0.39, 0.29) is 83.0 Å². The number of primary amides is 3. The fourth-order valence-corrected chi connectivity index (χ4v) is 11.5. The number of hydrogen-bond donors (Lipinski definition) is 15. The molecule has 2 aliphatic rings. The van der Waals surface area contributed by atoms with Gasteiger partial charge in [-0.15, -0.1) is 0 Å². The molecular formula is C63H98N18O13S. The van der Waals surface area contributed by atoms with Crippen LogP contribution in [0.25, 0.3) is 0 Å². The number of nitrogens with one attached hydrogen (secondary N) is 8. The van der Waals surface area contributed by atoms with E-state index >= 15 is 0 Å². The van der Waals surface area contributed by atoms with Crippen LogP contribution in [0.3, 0.4) is 0 Å². The maximum Gasteiger partial charge on any atom is 0.245 e. The van der Waals surface area contributed by atoms with E-state index in [1.54, 1.807) is 60.7 Å². The number of likely N-dealkylation sites (tertiary alicyclic amines) is 2. The zero-order chi connectivity index (χ0) is 70.1. The van der Waals surface area contributed by atoms with Crippen molar-refractivity contribution < 1.29 is 62.3 Å². The molecule has 22 N–H and O–H groups in total. The Bertz CT molecular complexity index is 2960. The highest BCUT2D eigenvalue weighted by Crippen LogP contribution is 2.24. The number of guanidine groups is 1. The number of aliphatic imine (C=N–C) groups is 1. The monoisotopic (exact) mass is 1350 g/mol. The lowest BCUT2D eigenvalue weighted by molar-refractivity contribution is -0.144. The zero-order valence-electron chi connectivity index (χ0n) is 54.5. The first-order chi connectivity index (χ1) is 45.2. The topological polar surface area (TPSA) is 519 Å². The zero-order valence-corrected chi connectivity index (χ0v) is 55.3. The van der Waals surface area contributed by atoms with Gasteiger partial charge >= 0.3 is 0 Å². The molecule has 2 saturated heterocycles. The molecule has 2 heterocycles. The number of rotatable bonds is 42. The Morgan fingerprint density at radius 2 is 1.01 bits per heavy atom. The minimum absolute atomic E-state index is 0.0736. The summed E-state index contributed by atoms with van der Waals surface area (Å²) in [5, 5.41) is 21.1. The van der Waals surface area contributed by atoms with Gasteiger partial charge in [0.25, 0.3) is 0 Å². The van der Waals surface area contributed by atoms with Crippen molar-refractivity contribution in [3.05, 3.63) is 71.8 Å². The average Bonchev–Trinajstić information content (AvgIpc) is 1.74. The average molecular weight is 1350 g/mol. The van der Waals surface area contributed by atoms with Crippen molar-refractivity contribution in [1.82, 2.24) is 52.3 Å². The minimum atomic E-state index is -1.64. The summed E-state index contributed by atoms with van der Waals surface area (Å²) in [5.41, 5.74) is 40.6. The van der Waals surface area contributed by atoms with E-state index in [1.807, 2.05) is 20.1 Å². The standard InChI is InChI=1S/C63H98N18O13S/c1-37(2)33-45(57(89)74-41(53(68)85)27-32-95-3)73-52(84)36-72-54(86)46(34-38-15-6-4-7-16-38)78-58(90)47(35-39-17-8-5-9-18-39)79-56(88)42(23-25-50(66)82)75-55(87)43(24-26-51(67)83)76-59(91)49-22-14-31-81(49)62(94)44(20-10-11-28-64)77-60(92)48-21-13-30-80(48)61(93)40(65)19-12-29-71-63(69)70/h4-9,15-18,37,40-49H,10-14,19-36,64-65H2,1-3H3,(H2,66,82)(H2,67,83)(H2,68,85)(H,72,86)(H,73,84)(H,74,89)(H,75,87)(H,76,91)(H,77,92)(H,78,90)(H,79,88)(H4,69,70,71)/t40-,41+,42+,43-,44+,45+,46-,47+,48+,49-/m1/s1. The van der Waals surface area contributed by atoms with Gasteiger partial charge in [0.2, 0.25) is 76.8 Å². The number of nitrogens with zero attached hydrogens (tertiary/aromatic N) is 3. The van der Waals surface area contributed by atoms with Crippen molar-refractivity contribution in [3.8, 4) is 0 Å². The predicted molar refractivity (Wildman–Crippen MR) is 356 cm³/mol. The summed E-state index contributed by atoms with van der Waals surface area (Å²) in [6.07, 6.45) is 3.12. The summed E-state index contributed by atoms with van der Waals surface area (Å²) in [7, 11) is 0. The van der Waals surface area contributed by atoms with E-state index in [1.165, 1.54) is 21.6 Å². The van der Waals surface area contributed by atoms with Crippen LogP contribution in [-0.4, -0.2) is 198 Å². The van der Waals surface area contributed by atoms with Crippen molar-refractivity contribution in [2.45, 2.75) is 183 Å². The van der Waals surface area contributed by atoms with E-state index < -0.39 is 169 Å². The van der Waals surface area contributed by atoms with Gasteiger partial charge in [0.05, 0.1) is 12.6 Å². The van der Waals surface area contributed by atoms with Crippen LogP contribution in [0.2, 0.25) is 0 Å². The maximum atomic E-state index is 14.7. The summed E-state index contributed by atoms with van der Waals surface area (Å²) in [4.78, 5) is 185. The van der Waals surface area contributed by atoms with Crippen LogP contribution >= 0.6 is 11.8 Å². The van der Waals surface area contributed by atoms with Gasteiger partial charge in [0, 0.05) is 45.3 Å². The number of carbonyl (C=O) groups excluding carboxylic acids is 13. The van der Waals surface area contributed by atoms with Gasteiger partial charge in [-0.25, -0.2) is 0 Å². The van der Waals surface area contributed by atoms with E-state index in [4.69, 9.17) is 40.1 Å². The van der Waals surface area contributed by atoms with E-state index in [9.17, 15) is 62.3 Å². The molecule has 0 unspecified atom stereocenters. The van der Waals surface area contributed by atoms with Crippen LogP contribution < -0.4 is 82.7 Å². The largest absolute Gasteiger partial charge is 0.370 e. The van der Waals surface area contributed by atoms with Crippen molar-refractivity contribution >= 4 is 94.5 Å². The van der Waals surface area contributed by atoms with Crippen LogP contribution in [0.5, 0.6) is 0 Å². The third-order valence-corrected chi connectivity index (χ3v) is 16.7. The molecule has 524 valence electrons. The fraction of sp³-hybridized carbons (Fsp3) is 0.587. The molecule has 2 aromatic rings. The molecule has 32 heteroatoms. The van der Waals surface area contributed by atoms with Gasteiger partial charge in [0.15, 0.2) is 5.96 Å². The van der Waals surface area contributed by atoms with Crippen molar-refractivity contribution in [3.63, 3.8) is 0 Å². The SMILES string of the molecule is CSCC[C@H](NC(=O)[C@H](CC(C)C)NC(=O)CNC(=O)[C@@H](Cc1ccccc1)NC(=O)[C@H](Cc1ccccc1)NC(=O)[C@H](CCC(N)=O)NC(=O)[C@@H](CCC(N)=O)NC(=O)[C@H]1CCCN1C(=O)[C@H](CCCCN)NC(=O)[C@@H]1CCCN1C(=O)[C@H](N)CCCN=C(N)N)C(N)=O. The maximum absolute atomic E-state index is 14.7. The highest BCUT2D eigenvalue weighted by Gasteiger charge is 2.42. The summed E-state index contributed by atoms with van der Waals surface area (Å²) in [6, 6.07) is 4.51. The Morgan fingerprint density at radius 1 is 0.537 bits per heavy atom. The van der Waals surface area contributed by atoms with Crippen LogP contribution in [0.1, 0.15) is 121 Å². The third kappa shape index (κ3) is 27.5. The van der Waals surface area contributed by atoms with Crippen LogP contribution in [-0.2, 0) is 75.2 Å². The molecule has 0 bridgehead atoms. The summed E-state index contributed by atoms with van der Waals surface area (Å²) < 4.78 is 0. The van der Waals surface area contributed by atoms with Gasteiger partial charge in [-0.05, 0) is 119 Å². The lowest BCUT2D eigenvalue weighted by Gasteiger charge is -2.32. The molecule has 10 atom stereocenters. The molecule has 0 aliphatic carbocycles. The minimum Gasteiger partial charge on any atom is -0.370 e. The highest BCUT2D eigenvalue weighted by atomic mass is 32.2. The number of hydrogen-bond acceptors (Lipinski definition) is 17. The summed E-state index contributed by atoms with van der Waals surface area (Å²) >= 11 is 1.45. The molecule has 31 nitrogen and oxygen atoms in total. The van der Waals surface area contributed by atoms with Gasteiger partial charge in [-0.2, -0.15) is 11.8 Å². The molecule has 0 spiro atoms. The first-order valence-electron chi connectivity index (χ1n) is 32.2.